The molecule has 1 unspecified atom stereocenters. The third-order valence-electron chi connectivity index (χ3n) is 2.29. The minimum atomic E-state index is -2.96. The average molecular weight is 262 g/mol. The van der Waals surface area contributed by atoms with E-state index in [1.165, 1.54) is 6.26 Å². The van der Waals surface area contributed by atoms with E-state index in [1.807, 2.05) is 19.1 Å². The molecule has 1 aromatic carbocycles. The molecule has 0 fully saturated rings. The minimum absolute atomic E-state index is 0.0970. The predicted molar refractivity (Wildman–Crippen MR) is 67.4 cm³/mol. The number of aryl methyl sites for hydroxylation is 1. The van der Waals surface area contributed by atoms with Gasteiger partial charge in [0.2, 0.25) is 0 Å². The van der Waals surface area contributed by atoms with Crippen LogP contribution in [0.1, 0.15) is 23.6 Å². The molecule has 0 spiro atoms. The van der Waals surface area contributed by atoms with Gasteiger partial charge in [-0.05, 0) is 36.6 Å². The molecule has 1 aromatic rings. The quantitative estimate of drug-likeness (QED) is 0.903. The van der Waals surface area contributed by atoms with Crippen molar-refractivity contribution in [3.8, 4) is 0 Å². The molecule has 3 nitrogen and oxygen atoms in total. The van der Waals surface area contributed by atoms with Gasteiger partial charge in [-0.3, -0.25) is 0 Å². The Labute approximate surface area is 102 Å². The Morgan fingerprint density at radius 2 is 2.00 bits per heavy atom. The predicted octanol–water partition coefficient (Wildman–Crippen LogP) is 2.08. The normalized spacial score (nSPS) is 13.8. The van der Waals surface area contributed by atoms with E-state index >= 15 is 0 Å². The van der Waals surface area contributed by atoms with Crippen LogP contribution in [0.15, 0.2) is 18.2 Å². The topological polar surface area (TPSA) is 60.2 Å². The Hall–Kier alpha value is -0.580. The van der Waals surface area contributed by atoms with Gasteiger partial charge in [0, 0.05) is 17.3 Å². The van der Waals surface area contributed by atoms with E-state index in [0.29, 0.717) is 11.4 Å². The lowest BCUT2D eigenvalue weighted by Crippen LogP contribution is -2.15. The standard InChI is InChI=1S/C11H16ClNO2S/c1-8-5-9(7-10(12)6-8)11(13)3-4-16(2,14)15/h5-7,11H,3-4,13H2,1-2H3. The number of nitrogens with two attached hydrogens (primary N) is 1. The molecule has 0 saturated carbocycles. The summed E-state index contributed by atoms with van der Waals surface area (Å²) in [5, 5.41) is 0.629. The van der Waals surface area contributed by atoms with E-state index in [9.17, 15) is 8.42 Å². The monoisotopic (exact) mass is 261 g/mol. The summed E-state index contributed by atoms with van der Waals surface area (Å²) in [4.78, 5) is 0. The lowest BCUT2D eigenvalue weighted by atomic mass is 10.0. The molecule has 0 aromatic heterocycles. The van der Waals surface area contributed by atoms with Gasteiger partial charge in [0.1, 0.15) is 9.84 Å². The Kier molecular flexibility index (Phi) is 4.35. The smallest absolute Gasteiger partial charge is 0.147 e. The van der Waals surface area contributed by atoms with Gasteiger partial charge in [0.25, 0.3) is 0 Å². The fourth-order valence-electron chi connectivity index (χ4n) is 1.49. The Morgan fingerprint density at radius 1 is 1.38 bits per heavy atom. The largest absolute Gasteiger partial charge is 0.324 e. The maximum Gasteiger partial charge on any atom is 0.147 e. The highest BCUT2D eigenvalue weighted by molar-refractivity contribution is 7.90. The van der Waals surface area contributed by atoms with Crippen LogP contribution in [0.3, 0.4) is 0 Å². The summed E-state index contributed by atoms with van der Waals surface area (Å²) in [6, 6.07) is 5.27. The number of hydrogen-bond acceptors (Lipinski definition) is 3. The highest BCUT2D eigenvalue weighted by Crippen LogP contribution is 2.21. The van der Waals surface area contributed by atoms with Gasteiger partial charge < -0.3 is 5.73 Å². The van der Waals surface area contributed by atoms with Gasteiger partial charge >= 0.3 is 0 Å². The van der Waals surface area contributed by atoms with Crippen molar-refractivity contribution >= 4 is 21.4 Å². The maximum absolute atomic E-state index is 11.0. The first-order valence-electron chi connectivity index (χ1n) is 4.98. The van der Waals surface area contributed by atoms with Crippen LogP contribution in [0.4, 0.5) is 0 Å². The first-order chi connectivity index (χ1) is 7.28. The molecule has 2 N–H and O–H groups in total. The molecule has 0 aliphatic rings. The SMILES string of the molecule is Cc1cc(Cl)cc(C(N)CCS(C)(=O)=O)c1. The van der Waals surface area contributed by atoms with Gasteiger partial charge in [-0.2, -0.15) is 0 Å². The molecule has 1 rings (SSSR count). The molecule has 0 bridgehead atoms. The van der Waals surface area contributed by atoms with Crippen LogP contribution >= 0.6 is 11.6 Å². The second-order valence-electron chi connectivity index (χ2n) is 4.09. The highest BCUT2D eigenvalue weighted by Gasteiger charge is 2.11. The molecule has 0 amide bonds. The van der Waals surface area contributed by atoms with E-state index in [4.69, 9.17) is 17.3 Å². The highest BCUT2D eigenvalue weighted by atomic mass is 35.5. The fourth-order valence-corrected chi connectivity index (χ4v) is 2.47. The van der Waals surface area contributed by atoms with Crippen LogP contribution in [0.2, 0.25) is 5.02 Å². The lowest BCUT2D eigenvalue weighted by Gasteiger charge is -2.12. The molecule has 16 heavy (non-hydrogen) atoms. The summed E-state index contributed by atoms with van der Waals surface area (Å²) in [5.74, 6) is 0.0970. The van der Waals surface area contributed by atoms with Crippen LogP contribution < -0.4 is 5.73 Å². The first kappa shape index (κ1) is 13.5. The molecular weight excluding hydrogens is 246 g/mol. The van der Waals surface area contributed by atoms with Crippen molar-refractivity contribution in [2.75, 3.05) is 12.0 Å². The maximum atomic E-state index is 11.0. The molecule has 90 valence electrons. The van der Waals surface area contributed by atoms with Gasteiger partial charge in [-0.25, -0.2) is 8.42 Å². The lowest BCUT2D eigenvalue weighted by molar-refractivity contribution is 0.591. The van der Waals surface area contributed by atoms with E-state index in [2.05, 4.69) is 0 Å². The molecule has 1 atom stereocenters. The zero-order valence-corrected chi connectivity index (χ0v) is 11.0. The third kappa shape index (κ3) is 4.51. The van der Waals surface area contributed by atoms with Crippen molar-refractivity contribution in [3.05, 3.63) is 34.3 Å². The van der Waals surface area contributed by atoms with Crippen LogP contribution in [0.5, 0.6) is 0 Å². The number of sulfone groups is 1. The zero-order valence-electron chi connectivity index (χ0n) is 9.40. The van der Waals surface area contributed by atoms with E-state index in [0.717, 1.165) is 11.1 Å². The van der Waals surface area contributed by atoms with E-state index in [1.54, 1.807) is 6.07 Å². The summed E-state index contributed by atoms with van der Waals surface area (Å²) in [6.45, 7) is 1.93. The summed E-state index contributed by atoms with van der Waals surface area (Å²) >= 11 is 5.91. The third-order valence-corrected chi connectivity index (χ3v) is 3.49. The molecule has 0 aliphatic carbocycles. The van der Waals surface area contributed by atoms with E-state index < -0.39 is 9.84 Å². The number of halogens is 1. The van der Waals surface area contributed by atoms with Gasteiger partial charge in [-0.1, -0.05) is 17.7 Å². The first-order valence-corrected chi connectivity index (χ1v) is 7.42. The number of rotatable bonds is 4. The van der Waals surface area contributed by atoms with Crippen molar-refractivity contribution in [2.45, 2.75) is 19.4 Å². The molecular formula is C11H16ClNO2S. The molecule has 0 aliphatic heterocycles. The van der Waals surface area contributed by atoms with Crippen LogP contribution in [-0.4, -0.2) is 20.4 Å². The summed E-state index contributed by atoms with van der Waals surface area (Å²) in [6.07, 6.45) is 1.63. The Morgan fingerprint density at radius 3 is 2.50 bits per heavy atom. The average Bonchev–Trinajstić information content (AvgIpc) is 2.11. The second kappa shape index (κ2) is 5.17. The van der Waals surface area contributed by atoms with Crippen LogP contribution in [0, 0.1) is 6.92 Å². The second-order valence-corrected chi connectivity index (χ2v) is 6.78. The number of benzene rings is 1. The minimum Gasteiger partial charge on any atom is -0.324 e. The van der Waals surface area contributed by atoms with E-state index in [-0.39, 0.29) is 11.8 Å². The Balaban J connectivity index is 2.76. The van der Waals surface area contributed by atoms with Crippen LogP contribution in [-0.2, 0) is 9.84 Å². The van der Waals surface area contributed by atoms with Crippen molar-refractivity contribution < 1.29 is 8.42 Å². The molecule has 0 heterocycles. The van der Waals surface area contributed by atoms with Crippen LogP contribution in [0.25, 0.3) is 0 Å². The fraction of sp³-hybridized carbons (Fsp3) is 0.455. The number of hydrogen-bond donors (Lipinski definition) is 1. The van der Waals surface area contributed by atoms with Gasteiger partial charge in [0.15, 0.2) is 0 Å². The molecule has 5 heteroatoms. The molecule has 0 radical (unpaired) electrons. The van der Waals surface area contributed by atoms with Crippen molar-refractivity contribution in [1.82, 2.24) is 0 Å². The zero-order chi connectivity index (χ0) is 12.3. The van der Waals surface area contributed by atoms with Crippen molar-refractivity contribution in [2.24, 2.45) is 5.73 Å². The van der Waals surface area contributed by atoms with Crippen molar-refractivity contribution in [3.63, 3.8) is 0 Å². The summed E-state index contributed by atoms with van der Waals surface area (Å²) in [5.41, 5.74) is 7.83. The van der Waals surface area contributed by atoms with Gasteiger partial charge in [0.05, 0.1) is 5.75 Å². The Bertz CT molecular complexity index is 451. The molecule has 0 saturated heterocycles. The summed E-state index contributed by atoms with van der Waals surface area (Å²) in [7, 11) is -2.96. The van der Waals surface area contributed by atoms with Gasteiger partial charge in [-0.15, -0.1) is 0 Å². The van der Waals surface area contributed by atoms with Crippen molar-refractivity contribution in [1.29, 1.82) is 0 Å². The summed E-state index contributed by atoms with van der Waals surface area (Å²) < 4.78 is 22.0.